The lowest BCUT2D eigenvalue weighted by atomic mass is 10.2. The molecule has 0 saturated carbocycles. The maximum atomic E-state index is 13.3. The fraction of sp³-hybridized carbons (Fsp3) is 0.176. The number of hydrogen-bond donors (Lipinski definition) is 2. The van der Waals surface area contributed by atoms with Crippen molar-refractivity contribution in [2.75, 3.05) is 17.9 Å². The van der Waals surface area contributed by atoms with E-state index in [2.05, 4.69) is 15.0 Å². The fourth-order valence-corrected chi connectivity index (χ4v) is 4.69. The Balaban J connectivity index is 1.34. The number of halogens is 1. The second-order valence-electron chi connectivity index (χ2n) is 5.89. The van der Waals surface area contributed by atoms with Crippen molar-refractivity contribution in [2.45, 2.75) is 11.4 Å². The van der Waals surface area contributed by atoms with E-state index in [-0.39, 0.29) is 40.7 Å². The van der Waals surface area contributed by atoms with Gasteiger partial charge in [-0.05, 0) is 35.9 Å². The van der Waals surface area contributed by atoms with Gasteiger partial charge >= 0.3 is 0 Å². The van der Waals surface area contributed by atoms with Crippen LogP contribution in [0.1, 0.15) is 5.56 Å². The molecule has 2 aliphatic heterocycles. The van der Waals surface area contributed by atoms with Crippen LogP contribution in [0.4, 0.5) is 10.1 Å². The van der Waals surface area contributed by atoms with Gasteiger partial charge < -0.3 is 20.1 Å². The van der Waals surface area contributed by atoms with Crippen molar-refractivity contribution in [1.82, 2.24) is 5.32 Å². The van der Waals surface area contributed by atoms with E-state index in [0.717, 1.165) is 29.5 Å². The molecule has 2 N–H and O–H groups in total. The topological polar surface area (TPSA) is 106 Å². The first-order valence-electron chi connectivity index (χ1n) is 8.10. The smallest absolute Gasteiger partial charge is 0.286 e. The minimum atomic E-state index is -4.02. The summed E-state index contributed by atoms with van der Waals surface area (Å²) in [5, 5.41) is 5.59. The average molecular weight is 423 g/mol. The van der Waals surface area contributed by atoms with Gasteiger partial charge in [0.2, 0.25) is 12.7 Å². The zero-order chi connectivity index (χ0) is 19.7. The van der Waals surface area contributed by atoms with E-state index in [1.807, 2.05) is 6.07 Å². The second-order valence-corrected chi connectivity index (χ2v) is 8.43. The Kier molecular flexibility index (Phi) is 4.85. The van der Waals surface area contributed by atoms with Crippen molar-refractivity contribution < 1.29 is 27.1 Å². The Bertz CT molecular complexity index is 1090. The molecule has 0 fully saturated rings. The van der Waals surface area contributed by atoms with Crippen LogP contribution in [0, 0.1) is 5.82 Å². The molecule has 146 valence electrons. The monoisotopic (exact) mass is 423 g/mol. The molecular formula is C17H14FN3O5S2. The molecule has 0 aromatic heterocycles. The predicted molar refractivity (Wildman–Crippen MR) is 102 cm³/mol. The normalized spacial score (nSPS) is 16.0. The van der Waals surface area contributed by atoms with Gasteiger partial charge in [-0.1, -0.05) is 17.8 Å². The van der Waals surface area contributed by atoms with Crippen molar-refractivity contribution in [1.29, 1.82) is 0 Å². The third kappa shape index (κ3) is 3.90. The summed E-state index contributed by atoms with van der Waals surface area (Å²) < 4.78 is 51.7. The zero-order valence-corrected chi connectivity index (χ0v) is 15.9. The first kappa shape index (κ1) is 18.6. The average Bonchev–Trinajstić information content (AvgIpc) is 3.13. The van der Waals surface area contributed by atoms with E-state index in [4.69, 9.17) is 9.47 Å². The van der Waals surface area contributed by atoms with Crippen LogP contribution in [-0.2, 0) is 21.4 Å². The second kappa shape index (κ2) is 7.32. The summed E-state index contributed by atoms with van der Waals surface area (Å²) in [5.41, 5.74) is 1.06. The molecular weight excluding hydrogens is 409 g/mol. The van der Waals surface area contributed by atoms with E-state index >= 15 is 0 Å². The number of amidine groups is 1. The van der Waals surface area contributed by atoms with E-state index < -0.39 is 15.8 Å². The van der Waals surface area contributed by atoms with Crippen LogP contribution in [0.2, 0.25) is 0 Å². The minimum Gasteiger partial charge on any atom is -0.454 e. The van der Waals surface area contributed by atoms with Crippen molar-refractivity contribution in [3.63, 3.8) is 0 Å². The molecule has 0 bridgehead atoms. The molecule has 0 unspecified atom stereocenters. The van der Waals surface area contributed by atoms with Gasteiger partial charge in [0.25, 0.3) is 10.0 Å². The highest BCUT2D eigenvalue weighted by molar-refractivity contribution is 8.15. The molecule has 11 heteroatoms. The van der Waals surface area contributed by atoms with Crippen LogP contribution >= 0.6 is 11.8 Å². The predicted octanol–water partition coefficient (Wildman–Crippen LogP) is 2.07. The number of ether oxygens (including phenoxy) is 2. The molecule has 8 nitrogen and oxygen atoms in total. The largest absolute Gasteiger partial charge is 0.454 e. The lowest BCUT2D eigenvalue weighted by Gasteiger charge is -2.17. The van der Waals surface area contributed by atoms with Crippen LogP contribution in [-0.4, -0.2) is 32.0 Å². The van der Waals surface area contributed by atoms with Crippen molar-refractivity contribution in [3.8, 4) is 11.5 Å². The summed E-state index contributed by atoms with van der Waals surface area (Å²) in [6.45, 7) is 0.464. The molecule has 2 aliphatic rings. The SMILES string of the molecule is O=C(CSC1=NS(=O)(=O)c2cc(F)ccc2N1)NCc1ccc2c(c1)OCO2. The van der Waals surface area contributed by atoms with Gasteiger partial charge in [-0.25, -0.2) is 4.39 Å². The molecule has 4 rings (SSSR count). The Labute approximate surface area is 164 Å². The zero-order valence-electron chi connectivity index (χ0n) is 14.3. The van der Waals surface area contributed by atoms with E-state index in [0.29, 0.717) is 11.5 Å². The Morgan fingerprint density at radius 3 is 2.89 bits per heavy atom. The van der Waals surface area contributed by atoms with Crippen LogP contribution in [0.25, 0.3) is 0 Å². The van der Waals surface area contributed by atoms with Crippen LogP contribution in [0.5, 0.6) is 11.5 Å². The Morgan fingerprint density at radius 1 is 1.21 bits per heavy atom. The maximum absolute atomic E-state index is 13.3. The Morgan fingerprint density at radius 2 is 2.04 bits per heavy atom. The molecule has 2 heterocycles. The number of carbonyl (C=O) groups is 1. The van der Waals surface area contributed by atoms with Crippen LogP contribution < -0.4 is 20.1 Å². The lowest BCUT2D eigenvalue weighted by Crippen LogP contribution is -2.27. The number of rotatable bonds is 4. The number of nitrogens with one attached hydrogen (secondary N) is 2. The third-order valence-electron chi connectivity index (χ3n) is 3.93. The number of amides is 1. The highest BCUT2D eigenvalue weighted by Crippen LogP contribution is 2.32. The quantitative estimate of drug-likeness (QED) is 0.775. The molecule has 0 atom stereocenters. The van der Waals surface area contributed by atoms with Gasteiger partial charge in [0, 0.05) is 6.54 Å². The molecule has 2 aromatic carbocycles. The van der Waals surface area contributed by atoms with Gasteiger partial charge in [0.05, 0.1) is 11.4 Å². The number of benzene rings is 2. The van der Waals surface area contributed by atoms with Gasteiger partial charge in [-0.15, -0.1) is 4.40 Å². The standard InChI is InChI=1S/C17H14FN3O5S2/c18-11-2-3-12-15(6-11)28(23,24)21-17(20-12)27-8-16(22)19-7-10-1-4-13-14(5-10)26-9-25-13/h1-6H,7-9H2,(H,19,22)(H,20,21). The third-order valence-corrected chi connectivity index (χ3v) is 6.24. The van der Waals surface area contributed by atoms with Gasteiger partial charge in [-0.3, -0.25) is 4.79 Å². The number of thioether (sulfide) groups is 1. The summed E-state index contributed by atoms with van der Waals surface area (Å²) >= 11 is 0.940. The van der Waals surface area contributed by atoms with Gasteiger partial charge in [0.1, 0.15) is 10.7 Å². The van der Waals surface area contributed by atoms with Crippen LogP contribution in [0.15, 0.2) is 45.7 Å². The number of sulfonamides is 1. The van der Waals surface area contributed by atoms with E-state index in [9.17, 15) is 17.6 Å². The van der Waals surface area contributed by atoms with Crippen molar-refractivity contribution in [3.05, 3.63) is 47.8 Å². The summed E-state index contributed by atoms with van der Waals surface area (Å²) in [4.78, 5) is 11.8. The number of anilines is 1. The minimum absolute atomic E-state index is 0.0393. The number of fused-ring (bicyclic) bond motifs is 2. The van der Waals surface area contributed by atoms with Gasteiger partial charge in [-0.2, -0.15) is 8.42 Å². The molecule has 0 spiro atoms. The molecule has 0 saturated heterocycles. The number of carbonyl (C=O) groups excluding carboxylic acids is 1. The maximum Gasteiger partial charge on any atom is 0.286 e. The highest BCUT2D eigenvalue weighted by Gasteiger charge is 2.26. The highest BCUT2D eigenvalue weighted by atomic mass is 32.2. The first-order valence-corrected chi connectivity index (χ1v) is 10.5. The first-order chi connectivity index (χ1) is 13.4. The number of nitrogens with zero attached hydrogens (tertiary/aromatic N) is 1. The van der Waals surface area contributed by atoms with E-state index in [1.165, 1.54) is 6.07 Å². The molecule has 28 heavy (non-hydrogen) atoms. The summed E-state index contributed by atoms with van der Waals surface area (Å²) in [6, 6.07) is 8.73. The van der Waals surface area contributed by atoms with Crippen LogP contribution in [0.3, 0.4) is 0 Å². The summed E-state index contributed by atoms with van der Waals surface area (Å²) in [6.07, 6.45) is 0. The lowest BCUT2D eigenvalue weighted by molar-refractivity contribution is -0.118. The van der Waals surface area contributed by atoms with E-state index in [1.54, 1.807) is 12.1 Å². The molecule has 2 aromatic rings. The number of hydrogen-bond acceptors (Lipinski definition) is 7. The summed E-state index contributed by atoms with van der Waals surface area (Å²) in [5.74, 6) is 0.283. The fourth-order valence-electron chi connectivity index (χ4n) is 2.61. The van der Waals surface area contributed by atoms with Gasteiger partial charge in [0.15, 0.2) is 16.7 Å². The van der Waals surface area contributed by atoms with Crippen molar-refractivity contribution >= 4 is 38.5 Å². The van der Waals surface area contributed by atoms with Crippen molar-refractivity contribution in [2.24, 2.45) is 4.40 Å². The molecule has 1 amide bonds. The summed E-state index contributed by atoms with van der Waals surface area (Å²) in [7, 11) is -4.02. The molecule has 0 radical (unpaired) electrons. The Hall–Kier alpha value is -2.79. The molecule has 0 aliphatic carbocycles.